The molecule has 0 aromatic heterocycles. The molecule has 1 amide bonds. The van der Waals surface area contributed by atoms with Crippen LogP contribution in [0.25, 0.3) is 0 Å². The topological polar surface area (TPSA) is 143 Å². The maximum Gasteiger partial charge on any atom is 0.317 e. The summed E-state index contributed by atoms with van der Waals surface area (Å²) in [6.45, 7) is 10.3. The minimum atomic E-state index is -0.919. The summed E-state index contributed by atoms with van der Waals surface area (Å²) in [4.78, 5) is 42.9. The van der Waals surface area contributed by atoms with Crippen molar-refractivity contribution in [2.75, 3.05) is 85.1 Å². The van der Waals surface area contributed by atoms with Gasteiger partial charge in [-0.2, -0.15) is 0 Å². The minimum absolute atomic E-state index is 0.0396. The molecule has 32 heavy (non-hydrogen) atoms. The average molecular weight is 459 g/mol. The molecule has 0 aromatic rings. The lowest BCUT2D eigenvalue weighted by atomic mass is 10.2. The summed E-state index contributed by atoms with van der Waals surface area (Å²) < 4.78 is 0. The first-order valence-corrected chi connectivity index (χ1v) is 11.5. The van der Waals surface area contributed by atoms with E-state index in [1.165, 1.54) is 0 Å². The van der Waals surface area contributed by atoms with Crippen LogP contribution in [0.15, 0.2) is 0 Å². The predicted molar refractivity (Wildman–Crippen MR) is 123 cm³/mol. The van der Waals surface area contributed by atoms with E-state index < -0.39 is 11.9 Å². The molecule has 0 aromatic carbocycles. The molecule has 0 spiro atoms. The number of hydrogen-bond acceptors (Lipinski definition) is 8. The SMILES string of the molecule is CCN1CCN(CC(=O)O)CCN(CC(=O)O)CCN(CC(=O)NCCCC(C)N)CC1. The highest BCUT2D eigenvalue weighted by Crippen LogP contribution is 2.01. The van der Waals surface area contributed by atoms with Gasteiger partial charge in [0.2, 0.25) is 5.91 Å². The molecule has 1 atom stereocenters. The van der Waals surface area contributed by atoms with Crippen molar-refractivity contribution in [3.05, 3.63) is 0 Å². The molecule has 0 aliphatic carbocycles. The second kappa shape index (κ2) is 15.9. The minimum Gasteiger partial charge on any atom is -0.480 e. The molecule has 1 saturated heterocycles. The first-order chi connectivity index (χ1) is 15.2. The summed E-state index contributed by atoms with van der Waals surface area (Å²) in [6.07, 6.45) is 1.70. The zero-order chi connectivity index (χ0) is 23.9. The molecule has 11 heteroatoms. The van der Waals surface area contributed by atoms with Crippen LogP contribution in [0, 0.1) is 0 Å². The molecule has 186 valence electrons. The van der Waals surface area contributed by atoms with Crippen LogP contribution < -0.4 is 11.1 Å². The number of carboxylic acids is 2. The molecular weight excluding hydrogens is 416 g/mol. The molecule has 11 nitrogen and oxygen atoms in total. The molecule has 0 saturated carbocycles. The van der Waals surface area contributed by atoms with E-state index in [1.54, 1.807) is 0 Å². The highest BCUT2D eigenvalue weighted by molar-refractivity contribution is 5.78. The Morgan fingerprint density at radius 3 is 1.59 bits per heavy atom. The standard InChI is InChI=1S/C21H42N6O5/c1-3-24-7-9-25(15-19(28)23-6-4-5-18(2)22)11-12-27(17-21(31)32)14-13-26(10-8-24)16-20(29)30/h18H,3-17,22H2,1-2H3,(H,23,28)(H,29,30)(H,31,32). The highest BCUT2D eigenvalue weighted by atomic mass is 16.4. The third-order valence-electron chi connectivity index (χ3n) is 5.62. The van der Waals surface area contributed by atoms with Gasteiger partial charge < -0.3 is 26.2 Å². The fraction of sp³-hybridized carbons (Fsp3) is 0.857. The van der Waals surface area contributed by atoms with Crippen LogP contribution >= 0.6 is 0 Å². The molecule has 1 fully saturated rings. The van der Waals surface area contributed by atoms with Gasteiger partial charge in [-0.15, -0.1) is 0 Å². The van der Waals surface area contributed by atoms with E-state index in [2.05, 4.69) is 22.0 Å². The monoisotopic (exact) mass is 458 g/mol. The Hall–Kier alpha value is -1.79. The van der Waals surface area contributed by atoms with Gasteiger partial charge in [-0.05, 0) is 26.3 Å². The highest BCUT2D eigenvalue weighted by Gasteiger charge is 2.19. The van der Waals surface area contributed by atoms with E-state index in [0.29, 0.717) is 45.8 Å². The summed E-state index contributed by atoms with van der Waals surface area (Å²) in [6, 6.07) is 0.119. The van der Waals surface area contributed by atoms with Gasteiger partial charge in [-0.3, -0.25) is 29.1 Å². The van der Waals surface area contributed by atoms with Crippen LogP contribution in [-0.2, 0) is 14.4 Å². The molecule has 0 radical (unpaired) electrons. The molecule has 1 rings (SSSR count). The van der Waals surface area contributed by atoms with Crippen molar-refractivity contribution in [3.8, 4) is 0 Å². The predicted octanol–water partition coefficient (Wildman–Crippen LogP) is -1.36. The molecule has 5 N–H and O–H groups in total. The number of likely N-dealkylation sites (N-methyl/N-ethyl adjacent to an activating group) is 1. The lowest BCUT2D eigenvalue weighted by molar-refractivity contribution is -0.140. The lowest BCUT2D eigenvalue weighted by Crippen LogP contribution is -2.49. The molecule has 1 aliphatic rings. The Labute approximate surface area is 191 Å². The van der Waals surface area contributed by atoms with E-state index in [0.717, 1.165) is 32.5 Å². The van der Waals surface area contributed by atoms with Crippen molar-refractivity contribution in [2.45, 2.75) is 32.7 Å². The Morgan fingerprint density at radius 1 is 0.812 bits per heavy atom. The van der Waals surface area contributed by atoms with Crippen LogP contribution in [0.2, 0.25) is 0 Å². The van der Waals surface area contributed by atoms with Gasteiger partial charge in [-0.1, -0.05) is 6.92 Å². The molecule has 1 heterocycles. The van der Waals surface area contributed by atoms with E-state index >= 15 is 0 Å². The third kappa shape index (κ3) is 13.6. The summed E-state index contributed by atoms with van der Waals surface area (Å²) in [5, 5.41) is 21.4. The smallest absolute Gasteiger partial charge is 0.317 e. The van der Waals surface area contributed by atoms with E-state index in [4.69, 9.17) is 5.73 Å². The number of amides is 1. The van der Waals surface area contributed by atoms with Gasteiger partial charge >= 0.3 is 11.9 Å². The van der Waals surface area contributed by atoms with Crippen molar-refractivity contribution in [2.24, 2.45) is 5.73 Å². The number of nitrogens with zero attached hydrogens (tertiary/aromatic N) is 4. The van der Waals surface area contributed by atoms with Gasteiger partial charge in [0.25, 0.3) is 0 Å². The first kappa shape index (κ1) is 28.2. The maximum absolute atomic E-state index is 12.4. The van der Waals surface area contributed by atoms with Crippen molar-refractivity contribution in [1.29, 1.82) is 0 Å². The Bertz CT molecular complexity index is 577. The fourth-order valence-corrected chi connectivity index (χ4v) is 3.66. The second-order valence-corrected chi connectivity index (χ2v) is 8.52. The quantitative estimate of drug-likeness (QED) is 0.274. The zero-order valence-electron chi connectivity index (χ0n) is 19.7. The van der Waals surface area contributed by atoms with Gasteiger partial charge in [0, 0.05) is 64.9 Å². The van der Waals surface area contributed by atoms with Crippen LogP contribution in [0.3, 0.4) is 0 Å². The number of carbonyl (C=O) groups excluding carboxylic acids is 1. The van der Waals surface area contributed by atoms with Crippen molar-refractivity contribution < 1.29 is 24.6 Å². The number of carboxylic acid groups (broad SMARTS) is 2. The van der Waals surface area contributed by atoms with Crippen molar-refractivity contribution in [1.82, 2.24) is 24.9 Å². The largest absolute Gasteiger partial charge is 0.480 e. The summed E-state index contributed by atoms with van der Waals surface area (Å²) in [5.41, 5.74) is 5.74. The maximum atomic E-state index is 12.4. The van der Waals surface area contributed by atoms with Crippen LogP contribution in [0.1, 0.15) is 26.7 Å². The van der Waals surface area contributed by atoms with E-state index in [-0.39, 0.29) is 31.6 Å². The Morgan fingerprint density at radius 2 is 1.22 bits per heavy atom. The van der Waals surface area contributed by atoms with Crippen LogP contribution in [0.4, 0.5) is 0 Å². The number of hydrogen-bond donors (Lipinski definition) is 4. The number of carbonyl (C=O) groups is 3. The number of aliphatic carboxylic acids is 2. The Balaban J connectivity index is 2.74. The summed E-state index contributed by atoms with van der Waals surface area (Å²) in [5.74, 6) is -1.84. The lowest BCUT2D eigenvalue weighted by Gasteiger charge is -2.33. The number of nitrogens with one attached hydrogen (secondary N) is 1. The Kier molecular flexibility index (Phi) is 14.1. The van der Waals surface area contributed by atoms with E-state index in [9.17, 15) is 24.6 Å². The van der Waals surface area contributed by atoms with Crippen molar-refractivity contribution >= 4 is 17.8 Å². The normalized spacial score (nSPS) is 19.6. The molecule has 0 bridgehead atoms. The molecule has 1 aliphatic heterocycles. The summed E-state index contributed by atoms with van der Waals surface area (Å²) in [7, 11) is 0. The van der Waals surface area contributed by atoms with Crippen molar-refractivity contribution in [3.63, 3.8) is 0 Å². The second-order valence-electron chi connectivity index (χ2n) is 8.52. The zero-order valence-corrected chi connectivity index (χ0v) is 19.7. The van der Waals surface area contributed by atoms with Crippen LogP contribution in [0.5, 0.6) is 0 Å². The first-order valence-electron chi connectivity index (χ1n) is 11.5. The van der Waals surface area contributed by atoms with Crippen LogP contribution in [-0.4, -0.2) is 139 Å². The van der Waals surface area contributed by atoms with E-state index in [1.807, 2.05) is 16.7 Å². The van der Waals surface area contributed by atoms with Gasteiger partial charge in [0.05, 0.1) is 19.6 Å². The summed E-state index contributed by atoms with van der Waals surface area (Å²) >= 11 is 0. The molecular formula is C21H42N6O5. The number of rotatable bonds is 11. The fourth-order valence-electron chi connectivity index (χ4n) is 3.66. The number of nitrogens with two attached hydrogens (primary N) is 1. The average Bonchev–Trinajstić information content (AvgIpc) is 2.70. The molecule has 1 unspecified atom stereocenters. The van der Waals surface area contributed by atoms with Gasteiger partial charge in [0.15, 0.2) is 0 Å². The van der Waals surface area contributed by atoms with Gasteiger partial charge in [0.1, 0.15) is 0 Å². The third-order valence-corrected chi connectivity index (χ3v) is 5.62. The van der Waals surface area contributed by atoms with Gasteiger partial charge in [-0.25, -0.2) is 0 Å².